The van der Waals surface area contributed by atoms with Crippen molar-refractivity contribution in [2.24, 2.45) is 0 Å². The lowest BCUT2D eigenvalue weighted by Gasteiger charge is -2.32. The summed E-state index contributed by atoms with van der Waals surface area (Å²) in [6.07, 6.45) is 9.23. The molecule has 1 aliphatic heterocycles. The molecule has 1 saturated heterocycles. The Balaban J connectivity index is 1.85. The summed E-state index contributed by atoms with van der Waals surface area (Å²) in [7, 11) is 0. The quantitative estimate of drug-likeness (QED) is 0.779. The first kappa shape index (κ1) is 15.1. The number of aromatic hydroxyl groups is 1. The number of rotatable bonds is 3. The topological polar surface area (TPSA) is 50.5 Å². The highest BCUT2D eigenvalue weighted by Gasteiger charge is 2.30. The maximum absolute atomic E-state index is 10.9. The van der Waals surface area contributed by atoms with Crippen LogP contribution in [-0.2, 0) is 0 Å². The van der Waals surface area contributed by atoms with Gasteiger partial charge in [-0.25, -0.2) is 0 Å². The van der Waals surface area contributed by atoms with Gasteiger partial charge in [-0.05, 0) is 43.5 Å². The lowest BCUT2D eigenvalue weighted by molar-refractivity contribution is -0.930. The van der Waals surface area contributed by atoms with Crippen LogP contribution in [-0.4, -0.2) is 28.2 Å². The Morgan fingerprint density at radius 3 is 2.58 bits per heavy atom. The molecule has 0 amide bonds. The third-order valence-corrected chi connectivity index (χ3v) is 5.01. The van der Waals surface area contributed by atoms with E-state index in [4.69, 9.17) is 0 Å². The van der Waals surface area contributed by atoms with E-state index in [0.29, 0.717) is 11.3 Å². The van der Waals surface area contributed by atoms with E-state index in [1.807, 2.05) is 24.4 Å². The minimum absolute atomic E-state index is 0.102. The molecular formula is C20H22N3O+. The van der Waals surface area contributed by atoms with Crippen molar-refractivity contribution >= 4 is 10.9 Å². The second-order valence-electron chi connectivity index (χ2n) is 6.52. The fourth-order valence-corrected chi connectivity index (χ4v) is 3.85. The van der Waals surface area contributed by atoms with Crippen LogP contribution in [0.3, 0.4) is 0 Å². The Kier molecular flexibility index (Phi) is 4.13. The standard InChI is InChI=1S/C20H21N3O/c24-20-17(9-8-15-6-5-11-22-18(15)20)19(16-7-4-10-21-14-16)23-12-2-1-3-13-23/h4-11,14,19,24H,1-3,12-13H2/p+1. The predicted molar refractivity (Wildman–Crippen MR) is 94.0 cm³/mol. The van der Waals surface area contributed by atoms with Gasteiger partial charge >= 0.3 is 0 Å². The van der Waals surface area contributed by atoms with Gasteiger partial charge in [0.25, 0.3) is 0 Å². The summed E-state index contributed by atoms with van der Waals surface area (Å²) in [5, 5.41) is 11.9. The van der Waals surface area contributed by atoms with Crippen LogP contribution < -0.4 is 4.90 Å². The Bertz CT molecular complexity index is 829. The van der Waals surface area contributed by atoms with E-state index in [9.17, 15) is 5.11 Å². The van der Waals surface area contributed by atoms with Crippen LogP contribution in [0.5, 0.6) is 5.75 Å². The monoisotopic (exact) mass is 320 g/mol. The van der Waals surface area contributed by atoms with Crippen LogP contribution >= 0.6 is 0 Å². The molecule has 2 N–H and O–H groups in total. The van der Waals surface area contributed by atoms with Gasteiger partial charge < -0.3 is 10.0 Å². The number of hydrogen-bond donors (Lipinski definition) is 2. The van der Waals surface area contributed by atoms with Gasteiger partial charge in [0.1, 0.15) is 11.6 Å². The van der Waals surface area contributed by atoms with Crippen molar-refractivity contribution in [2.45, 2.75) is 25.3 Å². The number of benzene rings is 1. The van der Waals surface area contributed by atoms with Crippen molar-refractivity contribution in [2.75, 3.05) is 13.1 Å². The second kappa shape index (κ2) is 6.57. The van der Waals surface area contributed by atoms with Crippen LogP contribution in [0.1, 0.15) is 36.4 Å². The molecule has 24 heavy (non-hydrogen) atoms. The molecule has 4 rings (SSSR count). The molecule has 0 bridgehead atoms. The van der Waals surface area contributed by atoms with Gasteiger partial charge in [-0.3, -0.25) is 9.97 Å². The van der Waals surface area contributed by atoms with Gasteiger partial charge in [-0.1, -0.05) is 12.1 Å². The fraction of sp³-hybridized carbons (Fsp3) is 0.300. The predicted octanol–water partition coefficient (Wildman–Crippen LogP) is 2.49. The molecule has 3 aromatic rings. The smallest absolute Gasteiger partial charge is 0.151 e. The number of phenols is 1. The summed E-state index contributed by atoms with van der Waals surface area (Å²) in [5.41, 5.74) is 2.78. The van der Waals surface area contributed by atoms with Crippen LogP contribution in [0.2, 0.25) is 0 Å². The Morgan fingerprint density at radius 1 is 0.958 bits per heavy atom. The summed E-state index contributed by atoms with van der Waals surface area (Å²) in [5.74, 6) is 0.306. The molecule has 1 fully saturated rings. The van der Waals surface area contributed by atoms with Gasteiger partial charge in [-0.2, -0.15) is 0 Å². The van der Waals surface area contributed by atoms with Crippen molar-refractivity contribution in [1.29, 1.82) is 0 Å². The molecule has 4 heteroatoms. The number of pyridine rings is 2. The summed E-state index contributed by atoms with van der Waals surface area (Å²) in [6.45, 7) is 2.25. The Morgan fingerprint density at radius 2 is 1.79 bits per heavy atom. The summed E-state index contributed by atoms with van der Waals surface area (Å²) >= 11 is 0. The first-order valence-electron chi connectivity index (χ1n) is 8.65. The second-order valence-corrected chi connectivity index (χ2v) is 6.52. The molecule has 1 aliphatic rings. The SMILES string of the molecule is Oc1c(C(c2cccnc2)[NH+]2CCCCC2)ccc2cccnc12. The lowest BCUT2D eigenvalue weighted by Crippen LogP contribution is -3.13. The zero-order valence-electron chi connectivity index (χ0n) is 13.7. The van der Waals surface area contributed by atoms with E-state index >= 15 is 0 Å². The number of aromatic nitrogens is 2. The molecule has 0 radical (unpaired) electrons. The van der Waals surface area contributed by atoms with Crippen molar-refractivity contribution in [1.82, 2.24) is 9.97 Å². The lowest BCUT2D eigenvalue weighted by atomic mass is 9.94. The third-order valence-electron chi connectivity index (χ3n) is 5.01. The van der Waals surface area contributed by atoms with Crippen molar-refractivity contribution in [3.8, 4) is 5.75 Å². The molecule has 1 unspecified atom stereocenters. The zero-order valence-corrected chi connectivity index (χ0v) is 13.7. The number of fused-ring (bicyclic) bond motifs is 1. The van der Waals surface area contributed by atoms with Gasteiger partial charge in [0.05, 0.1) is 18.7 Å². The fourth-order valence-electron chi connectivity index (χ4n) is 3.85. The van der Waals surface area contributed by atoms with Crippen molar-refractivity contribution < 1.29 is 10.0 Å². The molecular weight excluding hydrogens is 298 g/mol. The number of phenolic OH excluding ortho intramolecular Hbond substituents is 1. The van der Waals surface area contributed by atoms with E-state index in [-0.39, 0.29) is 6.04 Å². The highest BCUT2D eigenvalue weighted by atomic mass is 16.3. The minimum atomic E-state index is 0.102. The van der Waals surface area contributed by atoms with E-state index in [1.54, 1.807) is 12.4 Å². The normalized spacial score (nSPS) is 17.0. The number of nitrogens with zero attached hydrogens (tertiary/aromatic N) is 2. The van der Waals surface area contributed by atoms with Crippen LogP contribution in [0.25, 0.3) is 10.9 Å². The van der Waals surface area contributed by atoms with E-state index < -0.39 is 0 Å². The number of piperidine rings is 1. The molecule has 122 valence electrons. The molecule has 4 nitrogen and oxygen atoms in total. The largest absolute Gasteiger partial charge is 0.505 e. The molecule has 0 aliphatic carbocycles. The van der Waals surface area contributed by atoms with Gasteiger partial charge in [0.2, 0.25) is 0 Å². The maximum atomic E-state index is 10.9. The minimum Gasteiger partial charge on any atom is -0.505 e. The van der Waals surface area contributed by atoms with Gasteiger partial charge in [0, 0.05) is 29.5 Å². The van der Waals surface area contributed by atoms with E-state index in [2.05, 4.69) is 28.2 Å². The maximum Gasteiger partial charge on any atom is 0.151 e. The van der Waals surface area contributed by atoms with Crippen LogP contribution in [0.15, 0.2) is 55.0 Å². The molecule has 1 atom stereocenters. The number of likely N-dealkylation sites (tertiary alicyclic amines) is 1. The molecule has 3 heterocycles. The number of hydrogen-bond acceptors (Lipinski definition) is 3. The summed E-state index contributed by atoms with van der Waals surface area (Å²) in [6, 6.07) is 12.2. The zero-order chi connectivity index (χ0) is 16.4. The third kappa shape index (κ3) is 2.74. The summed E-state index contributed by atoms with van der Waals surface area (Å²) in [4.78, 5) is 10.2. The van der Waals surface area contributed by atoms with Crippen molar-refractivity contribution in [3.63, 3.8) is 0 Å². The molecule has 0 saturated carbocycles. The van der Waals surface area contributed by atoms with Crippen LogP contribution in [0.4, 0.5) is 0 Å². The average Bonchev–Trinajstić information content (AvgIpc) is 2.66. The van der Waals surface area contributed by atoms with Gasteiger partial charge in [-0.15, -0.1) is 0 Å². The van der Waals surface area contributed by atoms with Gasteiger partial charge in [0.15, 0.2) is 5.75 Å². The molecule has 2 aromatic heterocycles. The molecule has 1 aromatic carbocycles. The van der Waals surface area contributed by atoms with Crippen molar-refractivity contribution in [3.05, 3.63) is 66.1 Å². The number of nitrogens with one attached hydrogen (secondary N) is 1. The average molecular weight is 320 g/mol. The van der Waals surface area contributed by atoms with E-state index in [0.717, 1.165) is 29.6 Å². The Hall–Kier alpha value is -2.46. The highest BCUT2D eigenvalue weighted by molar-refractivity contribution is 5.85. The first-order chi connectivity index (χ1) is 11.8. The molecule has 0 spiro atoms. The number of quaternary nitrogens is 1. The highest BCUT2D eigenvalue weighted by Crippen LogP contribution is 2.33. The Labute approximate surface area is 141 Å². The first-order valence-corrected chi connectivity index (χ1v) is 8.65. The van der Waals surface area contributed by atoms with Crippen LogP contribution in [0, 0.1) is 0 Å². The van der Waals surface area contributed by atoms with E-state index in [1.165, 1.54) is 24.2 Å². The summed E-state index contributed by atoms with van der Waals surface area (Å²) < 4.78 is 0.